The largest absolute Gasteiger partial charge is 0.493 e. The Kier molecular flexibility index (Phi) is 8.06. The Morgan fingerprint density at radius 2 is 1.76 bits per heavy atom. The summed E-state index contributed by atoms with van der Waals surface area (Å²) in [6.45, 7) is 10.2. The van der Waals surface area contributed by atoms with Gasteiger partial charge in [-0.1, -0.05) is 45.9 Å². The van der Waals surface area contributed by atoms with E-state index in [0.29, 0.717) is 42.5 Å². The fourth-order valence-corrected chi connectivity index (χ4v) is 5.23. The number of anilines is 1. The van der Waals surface area contributed by atoms with Gasteiger partial charge in [0, 0.05) is 24.7 Å². The monoisotopic (exact) mass is 539 g/mol. The van der Waals surface area contributed by atoms with Crippen molar-refractivity contribution in [3.05, 3.63) is 72.0 Å². The van der Waals surface area contributed by atoms with Gasteiger partial charge in [-0.15, -0.1) is 0 Å². The number of halogens is 1. The SMILES string of the molecule is CC(C)COc1cc(F)cc(-c2ccc(C(=O)NS(=O)(=O)c3ccccc3)c(N3CCC(C)(C)CC3)n2)c1. The fraction of sp³-hybridized carbons (Fsp3) is 0.379. The molecule has 0 aliphatic carbocycles. The molecule has 0 atom stereocenters. The van der Waals surface area contributed by atoms with Crippen LogP contribution in [0.25, 0.3) is 11.3 Å². The number of pyridine rings is 1. The molecule has 202 valence electrons. The maximum atomic E-state index is 14.5. The van der Waals surface area contributed by atoms with Gasteiger partial charge in [0.1, 0.15) is 17.4 Å². The van der Waals surface area contributed by atoms with E-state index < -0.39 is 21.7 Å². The summed E-state index contributed by atoms with van der Waals surface area (Å²) >= 11 is 0. The van der Waals surface area contributed by atoms with E-state index in [2.05, 4.69) is 18.6 Å². The van der Waals surface area contributed by atoms with Crippen LogP contribution in [0.15, 0.2) is 65.6 Å². The number of piperidine rings is 1. The van der Waals surface area contributed by atoms with Gasteiger partial charge in [0.05, 0.1) is 22.8 Å². The van der Waals surface area contributed by atoms with Gasteiger partial charge in [0.2, 0.25) is 0 Å². The summed E-state index contributed by atoms with van der Waals surface area (Å²) in [5.74, 6) is -0.187. The molecule has 7 nitrogen and oxygen atoms in total. The number of benzene rings is 2. The Balaban J connectivity index is 1.71. The first-order chi connectivity index (χ1) is 17.9. The van der Waals surface area contributed by atoms with Crippen LogP contribution in [-0.4, -0.2) is 39.0 Å². The molecule has 0 bridgehead atoms. The van der Waals surface area contributed by atoms with Gasteiger partial charge in [-0.2, -0.15) is 0 Å². The molecule has 38 heavy (non-hydrogen) atoms. The predicted molar refractivity (Wildman–Crippen MR) is 146 cm³/mol. The first-order valence-electron chi connectivity index (χ1n) is 12.8. The molecular weight excluding hydrogens is 505 g/mol. The van der Waals surface area contributed by atoms with Crippen LogP contribution >= 0.6 is 0 Å². The van der Waals surface area contributed by atoms with Crippen LogP contribution in [0.1, 0.15) is 50.9 Å². The Bertz CT molecular complexity index is 1400. The lowest BCUT2D eigenvalue weighted by atomic mass is 9.82. The van der Waals surface area contributed by atoms with Crippen molar-refractivity contribution >= 4 is 21.7 Å². The molecule has 1 N–H and O–H groups in total. The van der Waals surface area contributed by atoms with Gasteiger partial charge in [-0.3, -0.25) is 4.79 Å². The molecule has 2 aromatic carbocycles. The van der Waals surface area contributed by atoms with Gasteiger partial charge in [0.15, 0.2) is 0 Å². The van der Waals surface area contributed by atoms with Crippen molar-refractivity contribution in [2.75, 3.05) is 24.6 Å². The van der Waals surface area contributed by atoms with Crippen LogP contribution in [0.4, 0.5) is 10.2 Å². The van der Waals surface area contributed by atoms with Crippen molar-refractivity contribution in [2.24, 2.45) is 11.3 Å². The highest BCUT2D eigenvalue weighted by atomic mass is 32.2. The standard InChI is InChI=1S/C29H34FN3O4S/c1-20(2)19-37-23-17-21(16-22(30)18-23)26-11-10-25(27(31-26)33-14-12-29(3,4)13-15-33)28(34)32-38(35,36)24-8-6-5-7-9-24/h5-11,16-18,20H,12-15,19H2,1-4H3,(H,32,34). The summed E-state index contributed by atoms with van der Waals surface area (Å²) in [5.41, 5.74) is 1.26. The molecule has 1 fully saturated rings. The second-order valence-electron chi connectivity index (χ2n) is 10.8. The Morgan fingerprint density at radius 1 is 1.08 bits per heavy atom. The summed E-state index contributed by atoms with van der Waals surface area (Å²) in [7, 11) is -4.07. The number of ether oxygens (including phenoxy) is 1. The molecule has 1 amide bonds. The van der Waals surface area contributed by atoms with E-state index >= 15 is 0 Å². The number of carbonyl (C=O) groups is 1. The molecule has 0 radical (unpaired) electrons. The topological polar surface area (TPSA) is 88.6 Å². The molecule has 0 unspecified atom stereocenters. The Morgan fingerprint density at radius 3 is 2.42 bits per heavy atom. The Hall–Kier alpha value is -3.46. The maximum Gasteiger partial charge on any atom is 0.268 e. The number of carbonyl (C=O) groups excluding carboxylic acids is 1. The zero-order valence-corrected chi connectivity index (χ0v) is 23.0. The maximum absolute atomic E-state index is 14.5. The van der Waals surface area contributed by atoms with E-state index in [-0.39, 0.29) is 21.8 Å². The third kappa shape index (κ3) is 6.69. The predicted octanol–water partition coefficient (Wildman–Crippen LogP) is 5.67. The van der Waals surface area contributed by atoms with Gasteiger partial charge >= 0.3 is 0 Å². The number of hydrogen-bond acceptors (Lipinski definition) is 6. The highest BCUT2D eigenvalue weighted by Crippen LogP contribution is 2.34. The average Bonchev–Trinajstić information content (AvgIpc) is 2.87. The molecule has 4 rings (SSSR count). The van der Waals surface area contributed by atoms with Gasteiger partial charge in [-0.25, -0.2) is 22.5 Å². The average molecular weight is 540 g/mol. The summed E-state index contributed by atoms with van der Waals surface area (Å²) in [5, 5.41) is 0. The van der Waals surface area contributed by atoms with Crippen molar-refractivity contribution in [3.63, 3.8) is 0 Å². The summed E-state index contributed by atoms with van der Waals surface area (Å²) < 4.78 is 48.1. The minimum absolute atomic E-state index is 0.00658. The lowest BCUT2D eigenvalue weighted by molar-refractivity contribution is 0.0981. The molecule has 3 aromatic rings. The first kappa shape index (κ1) is 27.6. The smallest absolute Gasteiger partial charge is 0.268 e. The van der Waals surface area contributed by atoms with E-state index in [1.807, 2.05) is 18.7 Å². The highest BCUT2D eigenvalue weighted by molar-refractivity contribution is 7.90. The second-order valence-corrected chi connectivity index (χ2v) is 12.5. The highest BCUT2D eigenvalue weighted by Gasteiger charge is 2.30. The molecule has 9 heteroatoms. The molecule has 1 saturated heterocycles. The molecule has 1 aliphatic heterocycles. The number of rotatable bonds is 8. The molecular formula is C29H34FN3O4S. The number of hydrogen-bond donors (Lipinski definition) is 1. The van der Waals surface area contributed by atoms with Crippen molar-refractivity contribution in [1.82, 2.24) is 9.71 Å². The van der Waals surface area contributed by atoms with Crippen LogP contribution in [0.2, 0.25) is 0 Å². The molecule has 1 aromatic heterocycles. The van der Waals surface area contributed by atoms with Crippen LogP contribution < -0.4 is 14.4 Å². The number of nitrogens with zero attached hydrogens (tertiary/aromatic N) is 2. The van der Waals surface area contributed by atoms with Gasteiger partial charge in [0.25, 0.3) is 15.9 Å². The third-order valence-corrected chi connectivity index (χ3v) is 7.91. The van der Waals surface area contributed by atoms with Crippen molar-refractivity contribution in [1.29, 1.82) is 0 Å². The minimum atomic E-state index is -4.07. The van der Waals surface area contributed by atoms with E-state index in [9.17, 15) is 17.6 Å². The number of nitrogens with one attached hydrogen (secondary N) is 1. The van der Waals surface area contributed by atoms with Crippen LogP contribution in [0.5, 0.6) is 5.75 Å². The number of sulfonamides is 1. The Labute approximate surface area is 224 Å². The van der Waals surface area contributed by atoms with Crippen LogP contribution in [0, 0.1) is 17.2 Å². The number of aromatic nitrogens is 1. The summed E-state index contributed by atoms with van der Waals surface area (Å²) in [6.07, 6.45) is 1.77. The summed E-state index contributed by atoms with van der Waals surface area (Å²) in [4.78, 5) is 20.0. The molecule has 1 aliphatic rings. The van der Waals surface area contributed by atoms with Crippen molar-refractivity contribution in [2.45, 2.75) is 45.4 Å². The van der Waals surface area contributed by atoms with Crippen LogP contribution in [-0.2, 0) is 10.0 Å². The normalized spacial score (nSPS) is 15.4. The first-order valence-corrected chi connectivity index (χ1v) is 14.2. The third-order valence-electron chi connectivity index (χ3n) is 6.57. The second kappa shape index (κ2) is 11.1. The van der Waals surface area contributed by atoms with E-state index in [0.717, 1.165) is 12.8 Å². The summed E-state index contributed by atoms with van der Waals surface area (Å²) in [6, 6.07) is 15.3. The van der Waals surface area contributed by atoms with E-state index in [1.54, 1.807) is 36.4 Å². The zero-order valence-electron chi connectivity index (χ0n) is 22.2. The van der Waals surface area contributed by atoms with Gasteiger partial charge < -0.3 is 9.64 Å². The van der Waals surface area contributed by atoms with E-state index in [4.69, 9.17) is 9.72 Å². The minimum Gasteiger partial charge on any atom is -0.493 e. The van der Waals surface area contributed by atoms with E-state index in [1.165, 1.54) is 24.3 Å². The zero-order chi connectivity index (χ0) is 27.5. The van der Waals surface area contributed by atoms with Gasteiger partial charge in [-0.05, 0) is 60.6 Å². The van der Waals surface area contributed by atoms with Crippen LogP contribution in [0.3, 0.4) is 0 Å². The number of amides is 1. The quantitative estimate of drug-likeness (QED) is 0.397. The van der Waals surface area contributed by atoms with Crippen molar-refractivity contribution in [3.8, 4) is 17.0 Å². The molecule has 0 spiro atoms. The lowest BCUT2D eigenvalue weighted by Gasteiger charge is -2.38. The molecule has 2 heterocycles. The van der Waals surface area contributed by atoms with Crippen molar-refractivity contribution < 1.29 is 22.3 Å². The lowest BCUT2D eigenvalue weighted by Crippen LogP contribution is -2.39. The molecule has 0 saturated carbocycles. The fourth-order valence-electron chi connectivity index (χ4n) is 4.24.